The zero-order valence-corrected chi connectivity index (χ0v) is 31.1. The average molecular weight is 697 g/mol. The van der Waals surface area contributed by atoms with Crippen molar-refractivity contribution >= 4 is 28.5 Å². The normalized spacial score (nSPS) is 15.9. The summed E-state index contributed by atoms with van der Waals surface area (Å²) in [6.45, 7) is 15.3. The van der Waals surface area contributed by atoms with Crippen LogP contribution in [-0.2, 0) is 23.1 Å². The van der Waals surface area contributed by atoms with Gasteiger partial charge in [0.05, 0.1) is 11.0 Å². The van der Waals surface area contributed by atoms with Crippen molar-refractivity contribution in [3.63, 3.8) is 0 Å². The molecule has 0 radical (unpaired) electrons. The van der Waals surface area contributed by atoms with Gasteiger partial charge in [0.2, 0.25) is 5.91 Å². The molecule has 2 saturated heterocycles. The summed E-state index contributed by atoms with van der Waals surface area (Å²) in [5, 5.41) is 3.03. The molecule has 11 nitrogen and oxygen atoms in total. The zero-order chi connectivity index (χ0) is 36.6. The first-order valence-corrected chi connectivity index (χ1v) is 18.4. The maximum Gasteiger partial charge on any atom is 0.329 e. The molecule has 0 unspecified atom stereocenters. The van der Waals surface area contributed by atoms with Gasteiger partial charge in [0.1, 0.15) is 0 Å². The van der Waals surface area contributed by atoms with Gasteiger partial charge in [-0.25, -0.2) is 4.79 Å². The van der Waals surface area contributed by atoms with E-state index in [2.05, 4.69) is 28.2 Å². The molecule has 2 N–H and O–H groups in total. The van der Waals surface area contributed by atoms with Crippen LogP contribution in [0.4, 0.5) is 5.69 Å². The Morgan fingerprint density at radius 3 is 2.31 bits per heavy atom. The third-order valence-electron chi connectivity index (χ3n) is 10.9. The summed E-state index contributed by atoms with van der Waals surface area (Å²) in [4.78, 5) is 60.2. The number of piperidine rings is 1. The number of anilines is 1. The quantitative estimate of drug-likeness (QED) is 0.243. The molecule has 51 heavy (non-hydrogen) atoms. The van der Waals surface area contributed by atoms with Gasteiger partial charge >= 0.3 is 5.69 Å². The molecule has 272 valence electrons. The largest absolute Gasteiger partial charge is 0.381 e. The number of benzene rings is 2. The lowest BCUT2D eigenvalue weighted by Crippen LogP contribution is -2.42. The van der Waals surface area contributed by atoms with Crippen LogP contribution in [0, 0.1) is 26.7 Å². The maximum atomic E-state index is 14.0. The Bertz CT molecular complexity index is 2060. The number of H-pyrrole nitrogens is 1. The maximum absolute atomic E-state index is 14.0. The van der Waals surface area contributed by atoms with Crippen LogP contribution in [0.15, 0.2) is 46.0 Å². The lowest BCUT2D eigenvalue weighted by atomic mass is 9.95. The number of ether oxygens (including phenoxy) is 1. The van der Waals surface area contributed by atoms with Crippen molar-refractivity contribution in [1.29, 1.82) is 0 Å². The standard InChI is InChI=1S/C40H52N6O5/c1-8-45(30-13-17-51-18-14-30)35-22-29(20-32(27(35)6)37(47)41-23-33-25(4)19-26(5)42-38(33)48)28-9-10-34-36(21-28)43(7)40(50)46(34)31-11-15-44(16-12-31)39(49)24(2)3/h9-10,19-22,24,30-31H,8,11-18,23H2,1-7H3,(H,41,47)(H,42,48). The molecular weight excluding hydrogens is 644 g/mol. The number of amides is 2. The van der Waals surface area contributed by atoms with Crippen molar-refractivity contribution in [2.75, 3.05) is 37.7 Å². The summed E-state index contributed by atoms with van der Waals surface area (Å²) in [6, 6.07) is 12.4. The second kappa shape index (κ2) is 14.9. The van der Waals surface area contributed by atoms with E-state index in [0.717, 1.165) is 76.9 Å². The van der Waals surface area contributed by atoms with Gasteiger partial charge in [0, 0.05) is 87.0 Å². The van der Waals surface area contributed by atoms with Crippen LogP contribution in [0.2, 0.25) is 0 Å². The molecule has 11 heteroatoms. The van der Waals surface area contributed by atoms with Gasteiger partial charge in [-0.05, 0) is 106 Å². The second-order valence-corrected chi connectivity index (χ2v) is 14.5. The predicted octanol–water partition coefficient (Wildman–Crippen LogP) is 5.38. The Hall–Kier alpha value is -4.64. The van der Waals surface area contributed by atoms with Gasteiger partial charge in [-0.15, -0.1) is 0 Å². The third-order valence-corrected chi connectivity index (χ3v) is 10.9. The molecule has 0 atom stereocenters. The monoisotopic (exact) mass is 696 g/mol. The number of hydrogen-bond donors (Lipinski definition) is 2. The molecule has 4 heterocycles. The molecule has 0 bridgehead atoms. The molecule has 2 amide bonds. The highest BCUT2D eigenvalue weighted by atomic mass is 16.5. The predicted molar refractivity (Wildman–Crippen MR) is 202 cm³/mol. The van der Waals surface area contributed by atoms with Crippen LogP contribution < -0.4 is 21.5 Å². The molecule has 2 aromatic heterocycles. The second-order valence-electron chi connectivity index (χ2n) is 14.5. The number of nitrogens with one attached hydrogen (secondary N) is 2. The fourth-order valence-corrected chi connectivity index (χ4v) is 7.99. The number of imidazole rings is 1. The Kier molecular flexibility index (Phi) is 10.6. The summed E-state index contributed by atoms with van der Waals surface area (Å²) in [5.74, 6) is -0.136. The SMILES string of the molecule is CCN(c1cc(-c2ccc3c(c2)n(C)c(=O)n3C2CCN(C(=O)C(C)C)CC2)cc(C(=O)NCc2c(C)cc(C)[nH]c2=O)c1C)C1CCOCC1. The minimum Gasteiger partial charge on any atom is -0.381 e. The fraction of sp³-hybridized carbons (Fsp3) is 0.500. The van der Waals surface area contributed by atoms with Crippen molar-refractivity contribution < 1.29 is 14.3 Å². The summed E-state index contributed by atoms with van der Waals surface area (Å²) < 4.78 is 9.28. The molecule has 0 spiro atoms. The molecule has 2 aromatic carbocycles. The summed E-state index contributed by atoms with van der Waals surface area (Å²) in [5.41, 5.74) is 7.74. The van der Waals surface area contributed by atoms with Gasteiger partial charge in [-0.3, -0.25) is 23.5 Å². The minimum atomic E-state index is -0.250. The van der Waals surface area contributed by atoms with Crippen LogP contribution in [0.5, 0.6) is 0 Å². The number of carbonyl (C=O) groups excluding carboxylic acids is 2. The number of fused-ring (bicyclic) bond motifs is 1. The van der Waals surface area contributed by atoms with Gasteiger partial charge in [0.25, 0.3) is 11.5 Å². The lowest BCUT2D eigenvalue weighted by Gasteiger charge is -2.37. The van der Waals surface area contributed by atoms with E-state index in [-0.39, 0.29) is 47.6 Å². The number of rotatable bonds is 9. The van der Waals surface area contributed by atoms with Gasteiger partial charge in [-0.1, -0.05) is 19.9 Å². The Labute approximate surface area is 299 Å². The van der Waals surface area contributed by atoms with E-state index in [9.17, 15) is 19.2 Å². The van der Waals surface area contributed by atoms with Crippen molar-refractivity contribution in [3.8, 4) is 11.1 Å². The van der Waals surface area contributed by atoms with E-state index in [1.54, 1.807) is 11.6 Å². The van der Waals surface area contributed by atoms with E-state index in [4.69, 9.17) is 4.74 Å². The topological polar surface area (TPSA) is 122 Å². The van der Waals surface area contributed by atoms with Crippen molar-refractivity contribution in [3.05, 3.63) is 85.2 Å². The van der Waals surface area contributed by atoms with Gasteiger partial charge in [0.15, 0.2) is 0 Å². The number of pyridine rings is 1. The molecule has 0 aliphatic carbocycles. The molecule has 6 rings (SSSR count). The number of nitrogens with zero attached hydrogens (tertiary/aromatic N) is 4. The number of aromatic amines is 1. The third kappa shape index (κ3) is 7.13. The molecule has 4 aromatic rings. The molecular formula is C40H52N6O5. The van der Waals surface area contributed by atoms with E-state index >= 15 is 0 Å². The summed E-state index contributed by atoms with van der Waals surface area (Å²) >= 11 is 0. The van der Waals surface area contributed by atoms with Crippen molar-refractivity contribution in [1.82, 2.24) is 24.3 Å². The first-order valence-electron chi connectivity index (χ1n) is 18.4. The van der Waals surface area contributed by atoms with Crippen LogP contribution in [-0.4, -0.2) is 69.7 Å². The van der Waals surface area contributed by atoms with Crippen molar-refractivity contribution in [2.24, 2.45) is 13.0 Å². The summed E-state index contributed by atoms with van der Waals surface area (Å²) in [7, 11) is 1.81. The van der Waals surface area contributed by atoms with E-state index in [1.165, 1.54) is 0 Å². The number of aromatic nitrogens is 3. The highest BCUT2D eigenvalue weighted by Gasteiger charge is 2.29. The van der Waals surface area contributed by atoms with Crippen LogP contribution in [0.1, 0.15) is 85.2 Å². The minimum absolute atomic E-state index is 0.00604. The molecule has 2 aliphatic heterocycles. The Morgan fingerprint density at radius 2 is 1.67 bits per heavy atom. The number of hydrogen-bond acceptors (Lipinski definition) is 6. The molecule has 0 saturated carbocycles. The Morgan fingerprint density at radius 1 is 0.961 bits per heavy atom. The van der Waals surface area contributed by atoms with E-state index < -0.39 is 0 Å². The number of carbonyl (C=O) groups is 2. The van der Waals surface area contributed by atoms with Crippen LogP contribution in [0.3, 0.4) is 0 Å². The fourth-order valence-electron chi connectivity index (χ4n) is 7.99. The number of likely N-dealkylation sites (tertiary alicyclic amines) is 1. The van der Waals surface area contributed by atoms with Crippen molar-refractivity contribution in [2.45, 2.75) is 85.9 Å². The zero-order valence-electron chi connectivity index (χ0n) is 31.1. The average Bonchev–Trinajstić information content (AvgIpc) is 3.37. The number of aryl methyl sites for hydroxylation is 3. The van der Waals surface area contributed by atoms with Gasteiger partial charge < -0.3 is 24.8 Å². The first-order chi connectivity index (χ1) is 24.4. The summed E-state index contributed by atoms with van der Waals surface area (Å²) in [6.07, 6.45) is 3.26. The molecule has 2 fully saturated rings. The Balaban J connectivity index is 1.38. The molecule has 2 aliphatic rings. The first kappa shape index (κ1) is 36.2. The van der Waals surface area contributed by atoms with Crippen LogP contribution >= 0.6 is 0 Å². The van der Waals surface area contributed by atoms with Crippen LogP contribution in [0.25, 0.3) is 22.2 Å². The smallest absolute Gasteiger partial charge is 0.329 e. The van der Waals surface area contributed by atoms with E-state index in [1.807, 2.05) is 74.4 Å². The lowest BCUT2D eigenvalue weighted by molar-refractivity contribution is -0.135. The van der Waals surface area contributed by atoms with E-state index in [0.29, 0.717) is 37.4 Å². The van der Waals surface area contributed by atoms with Gasteiger partial charge in [-0.2, -0.15) is 0 Å². The highest BCUT2D eigenvalue weighted by molar-refractivity contribution is 5.99. The highest BCUT2D eigenvalue weighted by Crippen LogP contribution is 2.35.